The standard InChI is InChI=1S/C16H21N3OS.2ClH/c1-11-4-6-12(7-5-11)15-19-13(9-21-15)8-14(20)18-10-16(2,3)17;;/h4-7,9H,8,10,17H2,1-3H3,(H,18,20);2*1H. The predicted octanol–water partition coefficient (Wildman–Crippen LogP) is 3.36. The molecule has 128 valence electrons. The van der Waals surface area contributed by atoms with Gasteiger partial charge in [-0.1, -0.05) is 29.8 Å². The normalized spacial score (nSPS) is 10.4. The topological polar surface area (TPSA) is 68.0 Å². The fourth-order valence-corrected chi connectivity index (χ4v) is 2.60. The van der Waals surface area contributed by atoms with Crippen LogP contribution in [0.25, 0.3) is 10.6 Å². The molecule has 1 amide bonds. The minimum Gasteiger partial charge on any atom is -0.354 e. The molecule has 4 nitrogen and oxygen atoms in total. The van der Waals surface area contributed by atoms with Crippen LogP contribution in [-0.2, 0) is 11.2 Å². The van der Waals surface area contributed by atoms with Gasteiger partial charge in [0.1, 0.15) is 5.01 Å². The fourth-order valence-electron chi connectivity index (χ4n) is 1.77. The van der Waals surface area contributed by atoms with E-state index in [1.165, 1.54) is 5.56 Å². The minimum atomic E-state index is -0.398. The quantitative estimate of drug-likeness (QED) is 0.841. The van der Waals surface area contributed by atoms with Gasteiger partial charge in [0.2, 0.25) is 5.91 Å². The number of halogens is 2. The van der Waals surface area contributed by atoms with E-state index in [0.29, 0.717) is 13.0 Å². The molecule has 2 rings (SSSR count). The number of aryl methyl sites for hydroxylation is 1. The fraction of sp³-hybridized carbons (Fsp3) is 0.375. The van der Waals surface area contributed by atoms with Crippen LogP contribution in [0.3, 0.4) is 0 Å². The van der Waals surface area contributed by atoms with Gasteiger partial charge in [-0.25, -0.2) is 4.98 Å². The van der Waals surface area contributed by atoms with Crippen molar-refractivity contribution in [2.45, 2.75) is 32.7 Å². The highest BCUT2D eigenvalue weighted by molar-refractivity contribution is 7.13. The lowest BCUT2D eigenvalue weighted by Gasteiger charge is -2.18. The average molecular weight is 376 g/mol. The Morgan fingerprint density at radius 3 is 2.43 bits per heavy atom. The van der Waals surface area contributed by atoms with Gasteiger partial charge in [-0.15, -0.1) is 36.2 Å². The maximum absolute atomic E-state index is 11.8. The van der Waals surface area contributed by atoms with E-state index in [0.717, 1.165) is 16.3 Å². The maximum Gasteiger partial charge on any atom is 0.226 e. The summed E-state index contributed by atoms with van der Waals surface area (Å²) in [5.74, 6) is -0.0470. The first-order valence-corrected chi connectivity index (χ1v) is 7.78. The molecule has 0 aliphatic heterocycles. The number of nitrogens with zero attached hydrogens (tertiary/aromatic N) is 1. The third kappa shape index (κ3) is 7.31. The first kappa shape index (κ1) is 21.9. The molecule has 0 fully saturated rings. The molecule has 7 heteroatoms. The largest absolute Gasteiger partial charge is 0.354 e. The maximum atomic E-state index is 11.8. The monoisotopic (exact) mass is 375 g/mol. The van der Waals surface area contributed by atoms with Crippen molar-refractivity contribution in [2.75, 3.05) is 6.54 Å². The van der Waals surface area contributed by atoms with Crippen LogP contribution in [0.1, 0.15) is 25.1 Å². The molecule has 1 aromatic carbocycles. The number of carbonyl (C=O) groups is 1. The summed E-state index contributed by atoms with van der Waals surface area (Å²) in [7, 11) is 0. The van der Waals surface area contributed by atoms with Crippen molar-refractivity contribution < 1.29 is 4.79 Å². The van der Waals surface area contributed by atoms with Gasteiger partial charge in [-0.05, 0) is 20.8 Å². The number of amides is 1. The van der Waals surface area contributed by atoms with Crippen LogP contribution in [0.5, 0.6) is 0 Å². The van der Waals surface area contributed by atoms with Crippen LogP contribution in [0.15, 0.2) is 29.6 Å². The third-order valence-corrected chi connectivity index (χ3v) is 3.87. The van der Waals surface area contributed by atoms with E-state index in [2.05, 4.69) is 41.5 Å². The molecule has 0 saturated carbocycles. The van der Waals surface area contributed by atoms with Gasteiger partial charge in [-0.2, -0.15) is 0 Å². The highest BCUT2D eigenvalue weighted by Crippen LogP contribution is 2.24. The lowest BCUT2D eigenvalue weighted by atomic mass is 10.1. The Labute approximate surface area is 153 Å². The van der Waals surface area contributed by atoms with Crippen LogP contribution in [-0.4, -0.2) is 23.0 Å². The van der Waals surface area contributed by atoms with Gasteiger partial charge in [0, 0.05) is 23.0 Å². The van der Waals surface area contributed by atoms with Crippen molar-refractivity contribution in [1.82, 2.24) is 10.3 Å². The van der Waals surface area contributed by atoms with Crippen molar-refractivity contribution in [3.05, 3.63) is 40.9 Å². The molecule has 1 aromatic heterocycles. The number of rotatable bonds is 5. The van der Waals surface area contributed by atoms with E-state index in [4.69, 9.17) is 5.73 Å². The van der Waals surface area contributed by atoms with Gasteiger partial charge in [0.05, 0.1) is 12.1 Å². The van der Waals surface area contributed by atoms with Crippen LogP contribution in [0.4, 0.5) is 0 Å². The molecule has 0 spiro atoms. The summed E-state index contributed by atoms with van der Waals surface area (Å²) < 4.78 is 0. The Kier molecular flexibility index (Phi) is 8.77. The second-order valence-corrected chi connectivity index (χ2v) is 6.81. The number of hydrogen-bond acceptors (Lipinski definition) is 4. The molecule has 0 unspecified atom stereocenters. The van der Waals surface area contributed by atoms with Crippen LogP contribution < -0.4 is 11.1 Å². The Hall–Kier alpha value is -1.14. The molecular formula is C16H23Cl2N3OS. The zero-order valence-electron chi connectivity index (χ0n) is 13.5. The smallest absolute Gasteiger partial charge is 0.226 e. The number of aromatic nitrogens is 1. The van der Waals surface area contributed by atoms with Crippen molar-refractivity contribution in [1.29, 1.82) is 0 Å². The summed E-state index contributed by atoms with van der Waals surface area (Å²) in [5, 5.41) is 5.70. The van der Waals surface area contributed by atoms with E-state index < -0.39 is 5.54 Å². The van der Waals surface area contributed by atoms with Gasteiger partial charge in [0.15, 0.2) is 0 Å². The van der Waals surface area contributed by atoms with E-state index in [-0.39, 0.29) is 30.7 Å². The zero-order valence-corrected chi connectivity index (χ0v) is 15.9. The summed E-state index contributed by atoms with van der Waals surface area (Å²) in [6.07, 6.45) is 0.290. The Morgan fingerprint density at radius 1 is 1.26 bits per heavy atom. The molecule has 0 aliphatic carbocycles. The SMILES string of the molecule is Cc1ccc(-c2nc(CC(=O)NCC(C)(C)N)cs2)cc1.Cl.Cl. The number of thiazole rings is 1. The Morgan fingerprint density at radius 2 is 1.87 bits per heavy atom. The van der Waals surface area contributed by atoms with Crippen LogP contribution in [0.2, 0.25) is 0 Å². The molecule has 2 aromatic rings. The number of benzene rings is 1. The van der Waals surface area contributed by atoms with Crippen molar-refractivity contribution in [3.8, 4) is 10.6 Å². The molecule has 23 heavy (non-hydrogen) atoms. The number of hydrogen-bond donors (Lipinski definition) is 2. The second kappa shape index (κ2) is 9.23. The number of nitrogens with two attached hydrogens (primary N) is 1. The van der Waals surface area contributed by atoms with E-state index >= 15 is 0 Å². The number of nitrogens with one attached hydrogen (secondary N) is 1. The molecule has 0 radical (unpaired) electrons. The Bertz CT molecular complexity index is 621. The van der Waals surface area contributed by atoms with Gasteiger partial charge in [-0.3, -0.25) is 4.79 Å². The van der Waals surface area contributed by atoms with Crippen molar-refractivity contribution in [3.63, 3.8) is 0 Å². The molecule has 0 saturated heterocycles. The van der Waals surface area contributed by atoms with Crippen LogP contribution in [0, 0.1) is 6.92 Å². The van der Waals surface area contributed by atoms with Gasteiger partial charge < -0.3 is 11.1 Å². The highest BCUT2D eigenvalue weighted by Gasteiger charge is 2.13. The lowest BCUT2D eigenvalue weighted by molar-refractivity contribution is -0.120. The summed E-state index contributed by atoms with van der Waals surface area (Å²) in [5.41, 5.74) is 8.54. The van der Waals surface area contributed by atoms with E-state index in [9.17, 15) is 4.79 Å². The summed E-state index contributed by atoms with van der Waals surface area (Å²) >= 11 is 1.56. The predicted molar refractivity (Wildman–Crippen MR) is 102 cm³/mol. The second-order valence-electron chi connectivity index (χ2n) is 5.95. The lowest BCUT2D eigenvalue weighted by Crippen LogP contribution is -2.45. The van der Waals surface area contributed by atoms with Crippen molar-refractivity contribution >= 4 is 42.1 Å². The van der Waals surface area contributed by atoms with Gasteiger partial charge >= 0.3 is 0 Å². The zero-order chi connectivity index (χ0) is 15.5. The summed E-state index contributed by atoms with van der Waals surface area (Å²) in [4.78, 5) is 16.4. The first-order chi connectivity index (χ1) is 9.83. The average Bonchev–Trinajstić information content (AvgIpc) is 2.85. The summed E-state index contributed by atoms with van der Waals surface area (Å²) in [6.45, 7) is 6.28. The highest BCUT2D eigenvalue weighted by atomic mass is 35.5. The van der Waals surface area contributed by atoms with Crippen LogP contribution >= 0.6 is 36.2 Å². The number of carbonyl (C=O) groups excluding carboxylic acids is 1. The molecule has 3 N–H and O–H groups in total. The Balaban J connectivity index is 0.00000242. The molecule has 0 aliphatic rings. The third-order valence-electron chi connectivity index (χ3n) is 2.93. The van der Waals surface area contributed by atoms with E-state index in [1.807, 2.05) is 19.2 Å². The summed E-state index contributed by atoms with van der Waals surface area (Å²) in [6, 6.07) is 8.23. The van der Waals surface area contributed by atoms with Crippen molar-refractivity contribution in [2.24, 2.45) is 5.73 Å². The molecule has 1 heterocycles. The van der Waals surface area contributed by atoms with Gasteiger partial charge in [0.25, 0.3) is 0 Å². The molecule has 0 bridgehead atoms. The first-order valence-electron chi connectivity index (χ1n) is 6.90. The molecule has 0 atom stereocenters. The minimum absolute atomic E-state index is 0. The van der Waals surface area contributed by atoms with E-state index in [1.54, 1.807) is 11.3 Å². The molecular weight excluding hydrogens is 353 g/mol.